The topological polar surface area (TPSA) is 41.9 Å². The van der Waals surface area contributed by atoms with Gasteiger partial charge in [-0.25, -0.2) is 0 Å². The first-order chi connectivity index (χ1) is 9.60. The molecule has 0 unspecified atom stereocenters. The number of hydrogen-bond acceptors (Lipinski definition) is 4. The standard InChI is InChI=1S/C16H25NO3/c1-12(2)20-8-7-17-11-14(18)10-16(17)13-5-4-6-15(9-13)19-3/h4-6,9,12,14,16,18H,7-8,10-11H2,1-3H3/t14-,16-/m1/s1. The van der Waals surface area contributed by atoms with Crippen molar-refractivity contribution in [3.63, 3.8) is 0 Å². The molecule has 0 radical (unpaired) electrons. The van der Waals surface area contributed by atoms with Gasteiger partial charge in [-0.15, -0.1) is 0 Å². The molecule has 1 heterocycles. The van der Waals surface area contributed by atoms with E-state index in [1.165, 1.54) is 5.56 Å². The third kappa shape index (κ3) is 3.95. The molecule has 1 fully saturated rings. The molecule has 0 saturated carbocycles. The highest BCUT2D eigenvalue weighted by atomic mass is 16.5. The Labute approximate surface area is 121 Å². The number of rotatable bonds is 6. The average molecular weight is 279 g/mol. The van der Waals surface area contributed by atoms with Crippen LogP contribution in [0.3, 0.4) is 0 Å². The fourth-order valence-corrected chi connectivity index (χ4v) is 2.73. The lowest BCUT2D eigenvalue weighted by atomic mass is 10.0. The molecule has 112 valence electrons. The highest BCUT2D eigenvalue weighted by molar-refractivity contribution is 5.31. The summed E-state index contributed by atoms with van der Waals surface area (Å²) < 4.78 is 10.9. The average Bonchev–Trinajstić information content (AvgIpc) is 2.79. The molecule has 0 aromatic heterocycles. The molecule has 1 aromatic carbocycles. The Hall–Kier alpha value is -1.10. The summed E-state index contributed by atoms with van der Waals surface area (Å²) in [7, 11) is 1.68. The van der Waals surface area contributed by atoms with Gasteiger partial charge in [0.15, 0.2) is 0 Å². The number of ether oxygens (including phenoxy) is 2. The zero-order valence-electron chi connectivity index (χ0n) is 12.6. The molecule has 1 saturated heterocycles. The van der Waals surface area contributed by atoms with E-state index < -0.39 is 0 Å². The van der Waals surface area contributed by atoms with Gasteiger partial charge in [-0.3, -0.25) is 4.90 Å². The van der Waals surface area contributed by atoms with E-state index in [2.05, 4.69) is 17.0 Å². The molecule has 0 spiro atoms. The zero-order valence-corrected chi connectivity index (χ0v) is 12.6. The number of likely N-dealkylation sites (tertiary alicyclic amines) is 1. The molecule has 1 aliphatic rings. The number of benzene rings is 1. The second-order valence-corrected chi connectivity index (χ2v) is 5.60. The summed E-state index contributed by atoms with van der Waals surface area (Å²) in [6, 6.07) is 8.35. The molecular weight excluding hydrogens is 254 g/mol. The maximum Gasteiger partial charge on any atom is 0.119 e. The van der Waals surface area contributed by atoms with Gasteiger partial charge in [0, 0.05) is 19.1 Å². The monoisotopic (exact) mass is 279 g/mol. The third-order valence-corrected chi connectivity index (χ3v) is 3.69. The van der Waals surface area contributed by atoms with E-state index in [1.807, 2.05) is 26.0 Å². The summed E-state index contributed by atoms with van der Waals surface area (Å²) in [6.45, 7) is 6.34. The Morgan fingerprint density at radius 1 is 1.40 bits per heavy atom. The van der Waals surface area contributed by atoms with Crippen LogP contribution in [0.4, 0.5) is 0 Å². The zero-order chi connectivity index (χ0) is 14.5. The molecular formula is C16H25NO3. The van der Waals surface area contributed by atoms with E-state index in [-0.39, 0.29) is 18.2 Å². The van der Waals surface area contributed by atoms with Crippen LogP contribution in [0.5, 0.6) is 5.75 Å². The lowest BCUT2D eigenvalue weighted by Crippen LogP contribution is -2.29. The summed E-state index contributed by atoms with van der Waals surface area (Å²) in [5.74, 6) is 0.863. The van der Waals surface area contributed by atoms with E-state index >= 15 is 0 Å². The lowest BCUT2D eigenvalue weighted by molar-refractivity contribution is 0.0542. The number of β-amino-alcohol motifs (C(OH)–C–C–N with tert-alkyl or cyclic N) is 1. The van der Waals surface area contributed by atoms with E-state index in [0.29, 0.717) is 13.2 Å². The predicted octanol–water partition coefficient (Wildman–Crippen LogP) is 2.23. The van der Waals surface area contributed by atoms with Crippen molar-refractivity contribution in [2.75, 3.05) is 26.8 Å². The largest absolute Gasteiger partial charge is 0.497 e. The Morgan fingerprint density at radius 2 is 2.20 bits per heavy atom. The van der Waals surface area contributed by atoms with E-state index in [0.717, 1.165) is 18.7 Å². The molecule has 0 bridgehead atoms. The smallest absolute Gasteiger partial charge is 0.119 e. The summed E-state index contributed by atoms with van der Waals surface area (Å²) >= 11 is 0. The molecule has 0 amide bonds. The first kappa shape index (κ1) is 15.3. The Morgan fingerprint density at radius 3 is 2.90 bits per heavy atom. The van der Waals surface area contributed by atoms with Gasteiger partial charge in [-0.2, -0.15) is 0 Å². The van der Waals surface area contributed by atoms with Gasteiger partial charge in [0.25, 0.3) is 0 Å². The number of aliphatic hydroxyl groups excluding tert-OH is 1. The van der Waals surface area contributed by atoms with Crippen LogP contribution in [-0.2, 0) is 4.74 Å². The first-order valence-corrected chi connectivity index (χ1v) is 7.28. The molecule has 1 aromatic rings. The maximum absolute atomic E-state index is 9.95. The van der Waals surface area contributed by atoms with Crippen LogP contribution in [0.2, 0.25) is 0 Å². The van der Waals surface area contributed by atoms with Gasteiger partial charge in [0.05, 0.1) is 25.9 Å². The number of aliphatic hydroxyl groups is 1. The van der Waals surface area contributed by atoms with Crippen LogP contribution in [-0.4, -0.2) is 49.0 Å². The van der Waals surface area contributed by atoms with Crippen LogP contribution in [0, 0.1) is 0 Å². The second-order valence-electron chi connectivity index (χ2n) is 5.60. The fourth-order valence-electron chi connectivity index (χ4n) is 2.73. The molecule has 1 N–H and O–H groups in total. The van der Waals surface area contributed by atoms with Gasteiger partial charge >= 0.3 is 0 Å². The predicted molar refractivity (Wildman–Crippen MR) is 79.0 cm³/mol. The SMILES string of the molecule is COc1cccc([C@H]2C[C@@H](O)CN2CCOC(C)C)c1. The van der Waals surface area contributed by atoms with Crippen LogP contribution in [0.15, 0.2) is 24.3 Å². The van der Waals surface area contributed by atoms with Crippen LogP contribution in [0.25, 0.3) is 0 Å². The fraction of sp³-hybridized carbons (Fsp3) is 0.625. The minimum atomic E-state index is -0.259. The van der Waals surface area contributed by atoms with E-state index in [1.54, 1.807) is 7.11 Å². The van der Waals surface area contributed by atoms with Crippen molar-refractivity contribution < 1.29 is 14.6 Å². The van der Waals surface area contributed by atoms with Gasteiger partial charge < -0.3 is 14.6 Å². The second kappa shape index (κ2) is 7.07. The van der Waals surface area contributed by atoms with Gasteiger partial charge in [0.2, 0.25) is 0 Å². The first-order valence-electron chi connectivity index (χ1n) is 7.28. The van der Waals surface area contributed by atoms with Crippen molar-refractivity contribution in [2.24, 2.45) is 0 Å². The van der Waals surface area contributed by atoms with Crippen LogP contribution >= 0.6 is 0 Å². The number of nitrogens with zero attached hydrogens (tertiary/aromatic N) is 1. The van der Waals surface area contributed by atoms with E-state index in [4.69, 9.17) is 9.47 Å². The van der Waals surface area contributed by atoms with Crippen molar-refractivity contribution in [3.05, 3.63) is 29.8 Å². The molecule has 1 aliphatic heterocycles. The van der Waals surface area contributed by atoms with Crippen molar-refractivity contribution in [1.29, 1.82) is 0 Å². The number of methoxy groups -OCH3 is 1. The van der Waals surface area contributed by atoms with Crippen molar-refractivity contribution >= 4 is 0 Å². The highest BCUT2D eigenvalue weighted by Gasteiger charge is 2.31. The summed E-state index contributed by atoms with van der Waals surface area (Å²) in [4.78, 5) is 2.29. The third-order valence-electron chi connectivity index (χ3n) is 3.69. The van der Waals surface area contributed by atoms with Crippen LogP contribution < -0.4 is 4.74 Å². The minimum Gasteiger partial charge on any atom is -0.497 e. The van der Waals surface area contributed by atoms with E-state index in [9.17, 15) is 5.11 Å². The van der Waals surface area contributed by atoms with Crippen molar-refractivity contribution in [2.45, 2.75) is 38.5 Å². The lowest BCUT2D eigenvalue weighted by Gasteiger charge is -2.25. The quantitative estimate of drug-likeness (QED) is 0.867. The normalized spacial score (nSPS) is 23.4. The Balaban J connectivity index is 2.03. The van der Waals surface area contributed by atoms with Crippen molar-refractivity contribution in [1.82, 2.24) is 4.90 Å². The number of hydrogen-bond donors (Lipinski definition) is 1. The Kier molecular flexibility index (Phi) is 5.40. The summed E-state index contributed by atoms with van der Waals surface area (Å²) in [6.07, 6.45) is 0.762. The highest BCUT2D eigenvalue weighted by Crippen LogP contribution is 2.33. The molecule has 20 heavy (non-hydrogen) atoms. The summed E-state index contributed by atoms with van der Waals surface area (Å²) in [5, 5.41) is 9.95. The van der Waals surface area contributed by atoms with Crippen molar-refractivity contribution in [3.8, 4) is 5.75 Å². The minimum absolute atomic E-state index is 0.246. The molecule has 0 aliphatic carbocycles. The van der Waals surface area contributed by atoms with Gasteiger partial charge in [-0.1, -0.05) is 12.1 Å². The molecule has 4 heteroatoms. The van der Waals surface area contributed by atoms with Gasteiger partial charge in [-0.05, 0) is 38.0 Å². The summed E-state index contributed by atoms with van der Waals surface area (Å²) in [5.41, 5.74) is 1.20. The van der Waals surface area contributed by atoms with Crippen LogP contribution in [0.1, 0.15) is 31.9 Å². The molecule has 2 atom stereocenters. The molecule has 4 nitrogen and oxygen atoms in total. The van der Waals surface area contributed by atoms with Gasteiger partial charge in [0.1, 0.15) is 5.75 Å². The maximum atomic E-state index is 9.95. The Bertz CT molecular complexity index is 422. The molecule has 2 rings (SSSR count).